The van der Waals surface area contributed by atoms with E-state index in [-0.39, 0.29) is 17.2 Å². The Morgan fingerprint density at radius 3 is 2.39 bits per heavy atom. The molecule has 2 rings (SSSR count). The Hall–Kier alpha value is -2.36. The molecule has 1 amide bonds. The van der Waals surface area contributed by atoms with Crippen molar-refractivity contribution in [2.45, 2.75) is 25.9 Å². The minimum Gasteiger partial charge on any atom is -0.314 e. The Labute approximate surface area is 131 Å². The van der Waals surface area contributed by atoms with Crippen LogP contribution in [0.3, 0.4) is 0 Å². The van der Waals surface area contributed by atoms with Crippen LogP contribution in [-0.2, 0) is 15.8 Å². The van der Waals surface area contributed by atoms with Crippen molar-refractivity contribution in [2.24, 2.45) is 11.8 Å². The maximum Gasteiger partial charge on any atom is 0.416 e. The first-order chi connectivity index (χ1) is 10.7. The van der Waals surface area contributed by atoms with Crippen LogP contribution in [0.15, 0.2) is 18.2 Å². The van der Waals surface area contributed by atoms with E-state index in [1.54, 1.807) is 6.07 Å². The molecule has 0 spiro atoms. The van der Waals surface area contributed by atoms with Crippen molar-refractivity contribution in [1.82, 2.24) is 0 Å². The molecule has 1 aliphatic rings. The van der Waals surface area contributed by atoms with Crippen LogP contribution in [0.4, 0.5) is 18.9 Å². The summed E-state index contributed by atoms with van der Waals surface area (Å²) in [6.45, 7) is 1.29. The fraction of sp³-hybridized carbons (Fsp3) is 0.438. The van der Waals surface area contributed by atoms with Crippen LogP contribution < -0.4 is 4.90 Å². The van der Waals surface area contributed by atoms with Crippen molar-refractivity contribution in [1.29, 1.82) is 5.26 Å². The number of carbonyl (C=O) groups excluding carboxylic acids is 2. The number of halogens is 3. The number of benzene rings is 1. The molecular formula is C16H15F3N2O2. The average Bonchev–Trinajstić information content (AvgIpc) is 3.30. The molecule has 0 heterocycles. The number of rotatable bonds is 4. The van der Waals surface area contributed by atoms with Crippen LogP contribution >= 0.6 is 0 Å². The van der Waals surface area contributed by atoms with Gasteiger partial charge in [0.05, 0.1) is 11.6 Å². The van der Waals surface area contributed by atoms with Gasteiger partial charge in [0.1, 0.15) is 0 Å². The van der Waals surface area contributed by atoms with Gasteiger partial charge < -0.3 is 4.90 Å². The number of ketones is 1. The zero-order chi connectivity index (χ0) is 17.4. The molecule has 0 radical (unpaired) electrons. The van der Waals surface area contributed by atoms with Crippen LogP contribution in [0, 0.1) is 30.1 Å². The highest BCUT2D eigenvalue weighted by molar-refractivity contribution is 6.11. The molecule has 0 bridgehead atoms. The summed E-state index contributed by atoms with van der Waals surface area (Å²) >= 11 is 0. The first kappa shape index (κ1) is 17.0. The second-order valence-corrected chi connectivity index (χ2v) is 5.63. The van der Waals surface area contributed by atoms with Crippen molar-refractivity contribution in [3.05, 3.63) is 29.3 Å². The van der Waals surface area contributed by atoms with Crippen LogP contribution in [0.5, 0.6) is 0 Å². The van der Waals surface area contributed by atoms with E-state index in [0.29, 0.717) is 12.8 Å². The summed E-state index contributed by atoms with van der Waals surface area (Å²) in [5.41, 5.74) is -0.603. The highest BCUT2D eigenvalue weighted by atomic mass is 19.4. The maximum atomic E-state index is 12.8. The van der Waals surface area contributed by atoms with Crippen LogP contribution in [0.25, 0.3) is 0 Å². The minimum atomic E-state index is -4.47. The normalized spacial score (nSPS) is 15.7. The number of Topliss-reactive ketones (excluding diaryl/α,β-unsaturated/α-hetero) is 1. The fourth-order valence-electron chi connectivity index (χ4n) is 2.34. The van der Waals surface area contributed by atoms with E-state index in [2.05, 4.69) is 0 Å². The molecule has 122 valence electrons. The lowest BCUT2D eigenvalue weighted by Gasteiger charge is -2.21. The Morgan fingerprint density at radius 1 is 1.35 bits per heavy atom. The smallest absolute Gasteiger partial charge is 0.314 e. The van der Waals surface area contributed by atoms with Gasteiger partial charge in [-0.05, 0) is 43.5 Å². The van der Waals surface area contributed by atoms with Crippen LogP contribution in [-0.4, -0.2) is 18.7 Å². The zero-order valence-electron chi connectivity index (χ0n) is 12.6. The summed E-state index contributed by atoms with van der Waals surface area (Å²) in [5.74, 6) is -2.78. The standard InChI is InChI=1S/C16H15F3N2O2/c1-9-7-11(5-6-13(9)16(17,18)19)21(2)15(23)12(8-20)14(22)10-3-4-10/h5-7,10,12H,3-4H2,1-2H3. The third kappa shape index (κ3) is 3.52. The zero-order valence-corrected chi connectivity index (χ0v) is 12.6. The molecule has 0 N–H and O–H groups in total. The Bertz CT molecular complexity index is 688. The van der Waals surface area contributed by atoms with Crippen molar-refractivity contribution >= 4 is 17.4 Å². The van der Waals surface area contributed by atoms with Gasteiger partial charge in [-0.15, -0.1) is 0 Å². The SMILES string of the molecule is Cc1cc(N(C)C(=O)C(C#N)C(=O)C2CC2)ccc1C(F)(F)F. The lowest BCUT2D eigenvalue weighted by molar-refractivity contribution is -0.138. The minimum absolute atomic E-state index is 0.0309. The largest absolute Gasteiger partial charge is 0.416 e. The second kappa shape index (κ2) is 6.03. The molecule has 7 heteroatoms. The van der Waals surface area contributed by atoms with Gasteiger partial charge in [-0.1, -0.05) is 0 Å². The number of carbonyl (C=O) groups is 2. The van der Waals surface area contributed by atoms with E-state index in [0.717, 1.165) is 17.0 Å². The monoisotopic (exact) mass is 324 g/mol. The molecule has 1 aliphatic carbocycles. The summed E-state index contributed by atoms with van der Waals surface area (Å²) in [6, 6.07) is 4.97. The van der Waals surface area contributed by atoms with Crippen LogP contribution in [0.1, 0.15) is 24.0 Å². The van der Waals surface area contributed by atoms with E-state index in [1.165, 1.54) is 20.0 Å². The highest BCUT2D eigenvalue weighted by Crippen LogP contribution is 2.35. The highest BCUT2D eigenvalue weighted by Gasteiger charge is 2.40. The van der Waals surface area contributed by atoms with Gasteiger partial charge >= 0.3 is 6.18 Å². The number of hydrogen-bond donors (Lipinski definition) is 0. The summed E-state index contributed by atoms with van der Waals surface area (Å²) in [7, 11) is 1.34. The van der Waals surface area contributed by atoms with Crippen molar-refractivity contribution in [3.8, 4) is 6.07 Å². The lowest BCUT2D eigenvalue weighted by Crippen LogP contribution is -2.37. The van der Waals surface area contributed by atoms with Crippen molar-refractivity contribution in [2.75, 3.05) is 11.9 Å². The first-order valence-electron chi connectivity index (χ1n) is 7.05. The summed E-state index contributed by atoms with van der Waals surface area (Å²) < 4.78 is 38.3. The number of aryl methyl sites for hydroxylation is 1. The molecular weight excluding hydrogens is 309 g/mol. The number of amides is 1. The fourth-order valence-corrected chi connectivity index (χ4v) is 2.34. The number of nitriles is 1. The van der Waals surface area contributed by atoms with E-state index >= 15 is 0 Å². The molecule has 4 nitrogen and oxygen atoms in total. The van der Waals surface area contributed by atoms with Gasteiger partial charge in [0.25, 0.3) is 5.91 Å². The molecule has 1 saturated carbocycles. The summed E-state index contributed by atoms with van der Waals surface area (Å²) in [5, 5.41) is 9.08. The van der Waals surface area contributed by atoms with E-state index in [9.17, 15) is 22.8 Å². The van der Waals surface area contributed by atoms with Gasteiger partial charge in [-0.2, -0.15) is 18.4 Å². The number of hydrogen-bond acceptors (Lipinski definition) is 3. The molecule has 0 aromatic heterocycles. The van der Waals surface area contributed by atoms with E-state index in [1.807, 2.05) is 0 Å². The Morgan fingerprint density at radius 2 is 1.96 bits per heavy atom. The van der Waals surface area contributed by atoms with Crippen molar-refractivity contribution in [3.63, 3.8) is 0 Å². The molecule has 1 aromatic carbocycles. The quantitative estimate of drug-likeness (QED) is 0.800. The first-order valence-corrected chi connectivity index (χ1v) is 7.05. The van der Waals surface area contributed by atoms with Crippen LogP contribution in [0.2, 0.25) is 0 Å². The lowest BCUT2D eigenvalue weighted by atomic mass is 10.00. The molecule has 0 saturated heterocycles. The van der Waals surface area contributed by atoms with Gasteiger partial charge in [-0.25, -0.2) is 0 Å². The molecule has 1 unspecified atom stereocenters. The predicted octanol–water partition coefficient (Wildman–Crippen LogP) is 3.10. The maximum absolute atomic E-state index is 12.8. The van der Waals surface area contributed by atoms with Crippen molar-refractivity contribution < 1.29 is 22.8 Å². The van der Waals surface area contributed by atoms with Gasteiger partial charge in [-0.3, -0.25) is 9.59 Å². The molecule has 1 fully saturated rings. The van der Waals surface area contributed by atoms with E-state index in [4.69, 9.17) is 5.26 Å². The van der Waals surface area contributed by atoms with Gasteiger partial charge in [0, 0.05) is 18.7 Å². The second-order valence-electron chi connectivity index (χ2n) is 5.63. The topological polar surface area (TPSA) is 61.2 Å². The molecule has 23 heavy (non-hydrogen) atoms. The summed E-state index contributed by atoms with van der Waals surface area (Å²) in [6.07, 6.45) is -3.12. The van der Waals surface area contributed by atoms with Gasteiger partial charge in [0.15, 0.2) is 11.7 Å². The third-order valence-electron chi connectivity index (χ3n) is 3.87. The molecule has 0 aliphatic heterocycles. The molecule has 1 atom stereocenters. The molecule has 1 aromatic rings. The predicted molar refractivity (Wildman–Crippen MR) is 76.4 cm³/mol. The third-order valence-corrected chi connectivity index (χ3v) is 3.87. The number of nitrogens with zero attached hydrogens (tertiary/aromatic N) is 2. The van der Waals surface area contributed by atoms with Gasteiger partial charge in [0.2, 0.25) is 0 Å². The summed E-state index contributed by atoms with van der Waals surface area (Å²) in [4.78, 5) is 25.3. The van der Waals surface area contributed by atoms with E-state index < -0.39 is 29.3 Å². The number of alkyl halides is 3. The average molecular weight is 324 g/mol. The Balaban J connectivity index is 2.24. The number of anilines is 1. The Kier molecular flexibility index (Phi) is 4.46.